The molecule has 0 saturated carbocycles. The Morgan fingerprint density at radius 2 is 2.11 bits per heavy atom. The molecule has 0 fully saturated rings. The van der Waals surface area contributed by atoms with E-state index in [2.05, 4.69) is 10.5 Å². The molecule has 1 aromatic heterocycles. The molecular weight excluding hydrogens is 287 g/mol. The summed E-state index contributed by atoms with van der Waals surface area (Å²) in [6.07, 6.45) is 1.53. The van der Waals surface area contributed by atoms with Gasteiger partial charge in [-0.1, -0.05) is 23.2 Å². The first kappa shape index (κ1) is 13.6. The van der Waals surface area contributed by atoms with Crippen LogP contribution >= 0.6 is 23.2 Å². The molecule has 6 heteroatoms. The third-order valence-electron chi connectivity index (χ3n) is 2.38. The van der Waals surface area contributed by atoms with Gasteiger partial charge in [-0.15, -0.1) is 0 Å². The minimum absolute atomic E-state index is 0.274. The third-order valence-corrected chi connectivity index (χ3v) is 2.93. The van der Waals surface area contributed by atoms with Crippen LogP contribution in [0.5, 0.6) is 0 Å². The van der Waals surface area contributed by atoms with Crippen LogP contribution in [0.1, 0.15) is 23.0 Å². The Morgan fingerprint density at radius 3 is 2.74 bits per heavy atom. The van der Waals surface area contributed by atoms with E-state index in [1.165, 1.54) is 18.4 Å². The Bertz CT molecular complexity index is 622. The van der Waals surface area contributed by atoms with E-state index >= 15 is 0 Å². The van der Waals surface area contributed by atoms with E-state index in [1.54, 1.807) is 25.1 Å². The summed E-state index contributed by atoms with van der Waals surface area (Å²) in [5.41, 5.74) is 3.27. The Labute approximate surface area is 120 Å². The molecule has 1 N–H and O–H groups in total. The van der Waals surface area contributed by atoms with Crippen LogP contribution in [-0.4, -0.2) is 11.6 Å². The van der Waals surface area contributed by atoms with Crippen molar-refractivity contribution in [3.63, 3.8) is 0 Å². The van der Waals surface area contributed by atoms with Crippen molar-refractivity contribution in [1.82, 2.24) is 5.43 Å². The number of carbonyl (C=O) groups excluding carboxylic acids is 1. The van der Waals surface area contributed by atoms with E-state index in [0.29, 0.717) is 22.1 Å². The number of carbonyl (C=O) groups is 1. The van der Waals surface area contributed by atoms with Crippen molar-refractivity contribution >= 4 is 34.8 Å². The Balaban J connectivity index is 2.11. The summed E-state index contributed by atoms with van der Waals surface area (Å²) < 4.78 is 5.15. The first-order chi connectivity index (χ1) is 9.08. The number of hydrogen-bond donors (Lipinski definition) is 1. The first-order valence-electron chi connectivity index (χ1n) is 5.41. The van der Waals surface area contributed by atoms with Crippen LogP contribution in [-0.2, 0) is 0 Å². The SMILES string of the molecule is CC(=NNC(=O)c1ccc(Cl)cc1Cl)c1ccco1. The summed E-state index contributed by atoms with van der Waals surface area (Å²) >= 11 is 11.7. The Hall–Kier alpha value is -1.78. The lowest BCUT2D eigenvalue weighted by Gasteiger charge is -2.03. The second-order valence-corrected chi connectivity index (χ2v) is 4.58. The zero-order valence-electron chi connectivity index (χ0n) is 9.98. The summed E-state index contributed by atoms with van der Waals surface area (Å²) in [6.45, 7) is 1.72. The molecule has 98 valence electrons. The number of benzene rings is 1. The van der Waals surface area contributed by atoms with Gasteiger partial charge in [0.1, 0.15) is 11.5 Å². The highest BCUT2D eigenvalue weighted by Crippen LogP contribution is 2.20. The third kappa shape index (κ3) is 3.36. The molecule has 0 atom stereocenters. The number of rotatable bonds is 3. The van der Waals surface area contributed by atoms with Gasteiger partial charge in [0.25, 0.3) is 5.91 Å². The molecule has 0 saturated heterocycles. The fourth-order valence-electron chi connectivity index (χ4n) is 1.41. The highest BCUT2D eigenvalue weighted by Gasteiger charge is 2.10. The zero-order valence-corrected chi connectivity index (χ0v) is 11.5. The van der Waals surface area contributed by atoms with Gasteiger partial charge < -0.3 is 4.42 Å². The largest absolute Gasteiger partial charge is 0.463 e. The van der Waals surface area contributed by atoms with Crippen LogP contribution in [0.25, 0.3) is 0 Å². The average molecular weight is 297 g/mol. The topological polar surface area (TPSA) is 54.6 Å². The summed E-state index contributed by atoms with van der Waals surface area (Å²) in [5.74, 6) is 0.176. The van der Waals surface area contributed by atoms with Gasteiger partial charge in [-0.25, -0.2) is 5.43 Å². The maximum Gasteiger partial charge on any atom is 0.272 e. The van der Waals surface area contributed by atoms with Gasteiger partial charge in [-0.3, -0.25) is 4.79 Å². The molecule has 1 aromatic carbocycles. The molecule has 0 aliphatic heterocycles. The van der Waals surface area contributed by atoms with Gasteiger partial charge >= 0.3 is 0 Å². The van der Waals surface area contributed by atoms with Gasteiger partial charge in [-0.2, -0.15) is 5.10 Å². The van der Waals surface area contributed by atoms with Gasteiger partial charge in [0.05, 0.1) is 16.8 Å². The van der Waals surface area contributed by atoms with E-state index < -0.39 is 5.91 Å². The highest BCUT2D eigenvalue weighted by atomic mass is 35.5. The number of halogens is 2. The molecule has 4 nitrogen and oxygen atoms in total. The number of nitrogens with zero attached hydrogens (tertiary/aromatic N) is 1. The number of nitrogens with one attached hydrogen (secondary N) is 1. The quantitative estimate of drug-likeness (QED) is 0.693. The van der Waals surface area contributed by atoms with Crippen LogP contribution in [0.3, 0.4) is 0 Å². The van der Waals surface area contributed by atoms with Crippen LogP contribution in [0.2, 0.25) is 10.0 Å². The van der Waals surface area contributed by atoms with Gasteiger partial charge in [0.2, 0.25) is 0 Å². The number of hydrogen-bond acceptors (Lipinski definition) is 3. The summed E-state index contributed by atoms with van der Waals surface area (Å²) in [4.78, 5) is 11.9. The summed E-state index contributed by atoms with van der Waals surface area (Å²) in [5, 5.41) is 4.68. The Kier molecular flexibility index (Phi) is 4.24. The van der Waals surface area contributed by atoms with Gasteiger partial charge in [0, 0.05) is 5.02 Å². The van der Waals surface area contributed by atoms with Crippen molar-refractivity contribution in [2.45, 2.75) is 6.92 Å². The highest BCUT2D eigenvalue weighted by molar-refractivity contribution is 6.36. The first-order valence-corrected chi connectivity index (χ1v) is 6.17. The lowest BCUT2D eigenvalue weighted by Crippen LogP contribution is -2.19. The van der Waals surface area contributed by atoms with E-state index in [0.717, 1.165) is 0 Å². The van der Waals surface area contributed by atoms with Crippen LogP contribution in [0.4, 0.5) is 0 Å². The summed E-state index contributed by atoms with van der Waals surface area (Å²) in [6, 6.07) is 8.12. The minimum atomic E-state index is -0.410. The van der Waals surface area contributed by atoms with Gasteiger partial charge in [0.15, 0.2) is 0 Å². The van der Waals surface area contributed by atoms with E-state index in [-0.39, 0.29) is 5.02 Å². The molecule has 0 aliphatic rings. The standard InChI is InChI=1S/C13H10Cl2N2O2/c1-8(12-3-2-6-19-12)16-17-13(18)10-5-4-9(14)7-11(10)15/h2-7H,1H3,(H,17,18). The van der Waals surface area contributed by atoms with Crippen molar-refractivity contribution in [3.8, 4) is 0 Å². The molecule has 2 aromatic rings. The molecule has 0 unspecified atom stereocenters. The fraction of sp³-hybridized carbons (Fsp3) is 0.0769. The van der Waals surface area contributed by atoms with E-state index in [4.69, 9.17) is 27.6 Å². The molecule has 19 heavy (non-hydrogen) atoms. The minimum Gasteiger partial charge on any atom is -0.463 e. The average Bonchev–Trinajstić information content (AvgIpc) is 2.89. The number of amides is 1. The zero-order chi connectivity index (χ0) is 13.8. The van der Waals surface area contributed by atoms with Crippen molar-refractivity contribution in [1.29, 1.82) is 0 Å². The van der Waals surface area contributed by atoms with Crippen LogP contribution in [0.15, 0.2) is 46.1 Å². The van der Waals surface area contributed by atoms with Crippen LogP contribution in [0, 0.1) is 0 Å². The van der Waals surface area contributed by atoms with Gasteiger partial charge in [-0.05, 0) is 37.3 Å². The molecule has 0 spiro atoms. The summed E-state index contributed by atoms with van der Waals surface area (Å²) in [7, 11) is 0. The maximum atomic E-state index is 11.9. The molecule has 0 bridgehead atoms. The van der Waals surface area contributed by atoms with Crippen LogP contribution < -0.4 is 5.43 Å². The number of hydrazone groups is 1. The molecule has 2 rings (SSSR count). The molecule has 0 aliphatic carbocycles. The molecule has 1 amide bonds. The normalized spacial score (nSPS) is 11.4. The molecule has 0 radical (unpaired) electrons. The van der Waals surface area contributed by atoms with E-state index in [1.807, 2.05) is 0 Å². The van der Waals surface area contributed by atoms with Crippen molar-refractivity contribution in [3.05, 3.63) is 58.0 Å². The Morgan fingerprint density at radius 1 is 1.32 bits per heavy atom. The second-order valence-electron chi connectivity index (χ2n) is 3.74. The van der Waals surface area contributed by atoms with Crippen molar-refractivity contribution < 1.29 is 9.21 Å². The lowest BCUT2D eigenvalue weighted by molar-refractivity contribution is 0.0955. The monoisotopic (exact) mass is 296 g/mol. The number of furan rings is 1. The smallest absolute Gasteiger partial charge is 0.272 e. The molecular formula is C13H10Cl2N2O2. The lowest BCUT2D eigenvalue weighted by atomic mass is 10.2. The van der Waals surface area contributed by atoms with Crippen molar-refractivity contribution in [2.75, 3.05) is 0 Å². The van der Waals surface area contributed by atoms with Crippen molar-refractivity contribution in [2.24, 2.45) is 5.10 Å². The predicted octanol–water partition coefficient (Wildman–Crippen LogP) is 3.74. The predicted molar refractivity (Wildman–Crippen MR) is 74.8 cm³/mol. The second kappa shape index (κ2) is 5.91. The fourth-order valence-corrected chi connectivity index (χ4v) is 1.90. The molecule has 1 heterocycles. The van der Waals surface area contributed by atoms with E-state index in [9.17, 15) is 4.79 Å². The maximum absolute atomic E-state index is 11.9.